The van der Waals surface area contributed by atoms with E-state index in [9.17, 15) is 9.90 Å². The number of carbonyl (C=O) groups is 1. The fourth-order valence-corrected chi connectivity index (χ4v) is 3.56. The smallest absolute Gasteiger partial charge is 0.316 e. The minimum atomic E-state index is -0.747. The fourth-order valence-electron chi connectivity index (χ4n) is 2.12. The van der Waals surface area contributed by atoms with Gasteiger partial charge in [-0.1, -0.05) is 28.1 Å². The lowest BCUT2D eigenvalue weighted by atomic mass is 10.1. The van der Waals surface area contributed by atoms with Crippen LogP contribution >= 0.6 is 27.3 Å². The Balaban J connectivity index is 2.03. The van der Waals surface area contributed by atoms with E-state index in [1.807, 2.05) is 31.2 Å². The predicted molar refractivity (Wildman–Crippen MR) is 78.5 cm³/mol. The molecule has 0 aliphatic heterocycles. The van der Waals surface area contributed by atoms with Crippen molar-refractivity contribution >= 4 is 33.2 Å². The number of rotatable bonds is 3. The molecular formula is C14H12BrNO2S. The second kappa shape index (κ2) is 4.42. The molecule has 1 heterocycles. The van der Waals surface area contributed by atoms with E-state index >= 15 is 0 Å². The molecule has 0 amide bonds. The molecule has 0 spiro atoms. The van der Waals surface area contributed by atoms with Gasteiger partial charge in [0, 0.05) is 14.9 Å². The Labute approximate surface area is 123 Å². The summed E-state index contributed by atoms with van der Waals surface area (Å²) < 4.78 is 1.02. The predicted octanol–water partition coefficient (Wildman–Crippen LogP) is 4.00. The van der Waals surface area contributed by atoms with E-state index in [4.69, 9.17) is 0 Å². The lowest BCUT2D eigenvalue weighted by Crippen LogP contribution is -2.19. The average molecular weight is 338 g/mol. The second-order valence-corrected chi connectivity index (χ2v) is 6.94. The first-order valence-electron chi connectivity index (χ1n) is 6.00. The molecule has 98 valence electrons. The Kier molecular flexibility index (Phi) is 2.98. The highest BCUT2D eigenvalue weighted by atomic mass is 79.9. The van der Waals surface area contributed by atoms with E-state index in [2.05, 4.69) is 20.9 Å². The standard InChI is InChI=1S/C14H12BrNO2S/c1-8-11(9-2-4-10(15)5-3-9)16-12(19-8)14(6-7-14)13(17)18/h2-5H,6-7H2,1H3,(H,17,18). The molecule has 1 aliphatic carbocycles. The van der Waals surface area contributed by atoms with Crippen molar-refractivity contribution in [3.63, 3.8) is 0 Å². The van der Waals surface area contributed by atoms with Gasteiger partial charge in [-0.05, 0) is 31.9 Å². The summed E-state index contributed by atoms with van der Waals surface area (Å²) in [6, 6.07) is 7.93. The minimum absolute atomic E-state index is 0.703. The highest BCUT2D eigenvalue weighted by Crippen LogP contribution is 2.50. The van der Waals surface area contributed by atoms with Gasteiger partial charge in [0.1, 0.15) is 10.4 Å². The van der Waals surface area contributed by atoms with Crippen molar-refractivity contribution in [1.82, 2.24) is 4.98 Å². The van der Waals surface area contributed by atoms with Crippen molar-refractivity contribution in [2.24, 2.45) is 0 Å². The minimum Gasteiger partial charge on any atom is -0.481 e. The third-order valence-corrected chi connectivity index (χ3v) is 5.19. The van der Waals surface area contributed by atoms with Crippen molar-refractivity contribution < 1.29 is 9.90 Å². The molecular weight excluding hydrogens is 326 g/mol. The third kappa shape index (κ3) is 2.11. The molecule has 0 atom stereocenters. The number of thiazole rings is 1. The number of hydrogen-bond acceptors (Lipinski definition) is 3. The number of carboxylic acid groups (broad SMARTS) is 1. The zero-order valence-corrected chi connectivity index (χ0v) is 12.7. The van der Waals surface area contributed by atoms with Crippen LogP contribution in [0.2, 0.25) is 0 Å². The number of carboxylic acids is 1. The Hall–Kier alpha value is -1.20. The van der Waals surface area contributed by atoms with Crippen LogP contribution in [-0.4, -0.2) is 16.1 Å². The maximum atomic E-state index is 11.3. The molecule has 19 heavy (non-hydrogen) atoms. The third-order valence-electron chi connectivity index (χ3n) is 3.48. The normalized spacial score (nSPS) is 16.3. The van der Waals surface area contributed by atoms with E-state index in [0.717, 1.165) is 25.6 Å². The van der Waals surface area contributed by atoms with Gasteiger partial charge in [0.05, 0.1) is 5.69 Å². The second-order valence-electron chi connectivity index (χ2n) is 4.82. The lowest BCUT2D eigenvalue weighted by Gasteiger charge is -2.04. The van der Waals surface area contributed by atoms with E-state index in [-0.39, 0.29) is 0 Å². The largest absolute Gasteiger partial charge is 0.481 e. The first kappa shape index (κ1) is 12.8. The molecule has 1 aliphatic rings. The van der Waals surface area contributed by atoms with Crippen molar-refractivity contribution in [3.8, 4) is 11.3 Å². The summed E-state index contributed by atoms with van der Waals surface area (Å²) in [5.41, 5.74) is 1.23. The van der Waals surface area contributed by atoms with Gasteiger partial charge < -0.3 is 5.11 Å². The first-order chi connectivity index (χ1) is 9.03. The van der Waals surface area contributed by atoms with Crippen molar-refractivity contribution in [1.29, 1.82) is 0 Å². The van der Waals surface area contributed by atoms with Crippen LogP contribution in [0.15, 0.2) is 28.7 Å². The summed E-state index contributed by atoms with van der Waals surface area (Å²) in [7, 11) is 0. The summed E-state index contributed by atoms with van der Waals surface area (Å²) in [6.45, 7) is 2.00. The number of aliphatic carboxylic acids is 1. The molecule has 0 saturated heterocycles. The van der Waals surface area contributed by atoms with E-state index in [0.29, 0.717) is 12.8 Å². The molecule has 1 aromatic carbocycles. The number of halogens is 1. The van der Waals surface area contributed by atoms with Crippen LogP contribution in [0.1, 0.15) is 22.7 Å². The van der Waals surface area contributed by atoms with E-state index in [1.54, 1.807) is 0 Å². The zero-order chi connectivity index (χ0) is 13.6. The quantitative estimate of drug-likeness (QED) is 0.920. The van der Waals surface area contributed by atoms with Gasteiger partial charge in [0.2, 0.25) is 0 Å². The van der Waals surface area contributed by atoms with Crippen LogP contribution in [0, 0.1) is 6.92 Å². The number of aryl methyl sites for hydroxylation is 1. The molecule has 5 heteroatoms. The monoisotopic (exact) mass is 337 g/mol. The van der Waals surface area contributed by atoms with E-state index in [1.165, 1.54) is 11.3 Å². The van der Waals surface area contributed by atoms with Crippen molar-refractivity contribution in [2.75, 3.05) is 0 Å². The van der Waals surface area contributed by atoms with E-state index < -0.39 is 11.4 Å². The highest BCUT2D eigenvalue weighted by molar-refractivity contribution is 9.10. The van der Waals surface area contributed by atoms with Gasteiger partial charge in [0.25, 0.3) is 0 Å². The number of aromatic nitrogens is 1. The maximum absolute atomic E-state index is 11.3. The van der Waals surface area contributed by atoms with Crippen LogP contribution in [-0.2, 0) is 10.2 Å². The maximum Gasteiger partial charge on any atom is 0.316 e. The van der Waals surface area contributed by atoms with Gasteiger partial charge >= 0.3 is 5.97 Å². The molecule has 0 radical (unpaired) electrons. The summed E-state index contributed by atoms with van der Waals surface area (Å²) in [6.07, 6.45) is 1.41. The summed E-state index contributed by atoms with van der Waals surface area (Å²) in [5, 5.41) is 10.1. The average Bonchev–Trinajstić information content (AvgIpc) is 3.10. The zero-order valence-electron chi connectivity index (χ0n) is 10.3. The molecule has 1 N–H and O–H groups in total. The topological polar surface area (TPSA) is 50.2 Å². The lowest BCUT2D eigenvalue weighted by molar-refractivity contribution is -0.140. The van der Waals surface area contributed by atoms with Gasteiger partial charge in [-0.25, -0.2) is 4.98 Å². The molecule has 2 aromatic rings. The van der Waals surface area contributed by atoms with Crippen molar-refractivity contribution in [3.05, 3.63) is 38.6 Å². The van der Waals surface area contributed by atoms with Crippen LogP contribution in [0.5, 0.6) is 0 Å². The summed E-state index contributed by atoms with van der Waals surface area (Å²) in [5.74, 6) is -0.747. The Morgan fingerprint density at radius 2 is 2.00 bits per heavy atom. The molecule has 3 nitrogen and oxygen atoms in total. The number of benzene rings is 1. The van der Waals surface area contributed by atoms with Crippen LogP contribution < -0.4 is 0 Å². The van der Waals surface area contributed by atoms with Gasteiger partial charge in [-0.2, -0.15) is 0 Å². The Morgan fingerprint density at radius 3 is 2.53 bits per heavy atom. The fraction of sp³-hybridized carbons (Fsp3) is 0.286. The molecule has 3 rings (SSSR count). The number of hydrogen-bond donors (Lipinski definition) is 1. The van der Waals surface area contributed by atoms with Gasteiger partial charge in [-0.15, -0.1) is 11.3 Å². The first-order valence-corrected chi connectivity index (χ1v) is 7.61. The Morgan fingerprint density at radius 1 is 1.37 bits per heavy atom. The van der Waals surface area contributed by atoms with Crippen molar-refractivity contribution in [2.45, 2.75) is 25.2 Å². The molecule has 0 bridgehead atoms. The summed E-state index contributed by atoms with van der Waals surface area (Å²) in [4.78, 5) is 17.0. The number of nitrogens with zero attached hydrogens (tertiary/aromatic N) is 1. The van der Waals surface area contributed by atoms with Crippen LogP contribution in [0.25, 0.3) is 11.3 Å². The van der Waals surface area contributed by atoms with Crippen LogP contribution in [0.4, 0.5) is 0 Å². The molecule has 1 aromatic heterocycles. The van der Waals surface area contributed by atoms with Gasteiger partial charge in [-0.3, -0.25) is 4.79 Å². The molecule has 1 saturated carbocycles. The highest BCUT2D eigenvalue weighted by Gasteiger charge is 2.54. The van der Waals surface area contributed by atoms with Crippen LogP contribution in [0.3, 0.4) is 0 Å². The molecule has 0 unspecified atom stereocenters. The van der Waals surface area contributed by atoms with Gasteiger partial charge in [0.15, 0.2) is 0 Å². The Bertz CT molecular complexity index is 644. The summed E-state index contributed by atoms with van der Waals surface area (Å²) >= 11 is 4.91. The SMILES string of the molecule is Cc1sc(C2(C(=O)O)CC2)nc1-c1ccc(Br)cc1. The molecule has 1 fully saturated rings.